The van der Waals surface area contributed by atoms with Gasteiger partial charge in [-0.05, 0) is 50.2 Å². The van der Waals surface area contributed by atoms with Gasteiger partial charge in [0.05, 0.1) is 11.5 Å². The van der Waals surface area contributed by atoms with Gasteiger partial charge in [-0.1, -0.05) is 6.07 Å². The second-order valence-electron chi connectivity index (χ2n) is 7.20. The van der Waals surface area contributed by atoms with Gasteiger partial charge in [-0.3, -0.25) is 14.6 Å². The van der Waals surface area contributed by atoms with E-state index in [0.717, 1.165) is 25.7 Å². The SMILES string of the molecule is O=C(CCCCc1cccnc1)N1CC[C@@H](O)[C@@]2(CCCNC2=O)C1. The largest absolute Gasteiger partial charge is 0.392 e. The van der Waals surface area contributed by atoms with Crippen LogP contribution in [0.4, 0.5) is 0 Å². The van der Waals surface area contributed by atoms with Crippen LogP contribution in [0.15, 0.2) is 24.5 Å². The molecule has 0 aliphatic carbocycles. The van der Waals surface area contributed by atoms with Crippen LogP contribution in [0, 0.1) is 5.41 Å². The minimum atomic E-state index is -0.804. The van der Waals surface area contributed by atoms with Gasteiger partial charge in [0.1, 0.15) is 0 Å². The highest BCUT2D eigenvalue weighted by molar-refractivity contribution is 5.86. The molecular formula is C19H27N3O3. The molecule has 25 heavy (non-hydrogen) atoms. The minimum Gasteiger partial charge on any atom is -0.392 e. The molecule has 2 amide bonds. The molecule has 136 valence electrons. The van der Waals surface area contributed by atoms with Crippen molar-refractivity contribution in [3.63, 3.8) is 0 Å². The minimum absolute atomic E-state index is 0.0934. The standard InChI is InChI=1S/C19H27N3O3/c23-16-8-12-22(14-19(16)9-4-11-21-18(19)25)17(24)7-2-1-5-15-6-3-10-20-13-15/h3,6,10,13,16,23H,1-2,4-5,7-9,11-12,14H2,(H,21,25)/t16-,19-/m1/s1. The molecule has 1 aromatic rings. The molecule has 3 heterocycles. The molecule has 0 radical (unpaired) electrons. The average molecular weight is 345 g/mol. The highest BCUT2D eigenvalue weighted by atomic mass is 16.3. The van der Waals surface area contributed by atoms with Gasteiger partial charge in [0, 0.05) is 38.4 Å². The number of aryl methyl sites for hydroxylation is 1. The summed E-state index contributed by atoms with van der Waals surface area (Å²) in [6, 6.07) is 3.97. The van der Waals surface area contributed by atoms with E-state index in [1.807, 2.05) is 18.3 Å². The molecule has 0 aromatic carbocycles. The highest BCUT2D eigenvalue weighted by Crippen LogP contribution is 2.37. The summed E-state index contributed by atoms with van der Waals surface area (Å²) in [6.07, 6.45) is 8.15. The number of nitrogens with zero attached hydrogens (tertiary/aromatic N) is 2. The third-order valence-corrected chi connectivity index (χ3v) is 5.50. The first-order chi connectivity index (χ1) is 12.1. The van der Waals surface area contributed by atoms with E-state index < -0.39 is 11.5 Å². The van der Waals surface area contributed by atoms with Crippen molar-refractivity contribution < 1.29 is 14.7 Å². The summed E-state index contributed by atoms with van der Waals surface area (Å²) in [5, 5.41) is 13.2. The predicted octanol–water partition coefficient (Wildman–Crippen LogP) is 1.28. The van der Waals surface area contributed by atoms with Gasteiger partial charge < -0.3 is 15.3 Å². The lowest BCUT2D eigenvalue weighted by atomic mass is 9.71. The van der Waals surface area contributed by atoms with Crippen LogP contribution in [0.5, 0.6) is 0 Å². The summed E-state index contributed by atoms with van der Waals surface area (Å²) in [5.74, 6) is -0.00355. The first-order valence-corrected chi connectivity index (χ1v) is 9.25. The number of hydrogen-bond acceptors (Lipinski definition) is 4. The van der Waals surface area contributed by atoms with E-state index in [1.165, 1.54) is 5.56 Å². The number of likely N-dealkylation sites (tertiary alicyclic amines) is 1. The van der Waals surface area contributed by atoms with E-state index in [9.17, 15) is 14.7 Å². The lowest BCUT2D eigenvalue weighted by molar-refractivity contribution is -0.154. The molecule has 6 heteroatoms. The number of aliphatic hydroxyl groups is 1. The van der Waals surface area contributed by atoms with E-state index in [0.29, 0.717) is 38.9 Å². The molecule has 0 unspecified atom stereocenters. The zero-order valence-corrected chi connectivity index (χ0v) is 14.6. The van der Waals surface area contributed by atoms with Crippen LogP contribution in [-0.2, 0) is 16.0 Å². The van der Waals surface area contributed by atoms with Crippen LogP contribution in [0.3, 0.4) is 0 Å². The van der Waals surface area contributed by atoms with Gasteiger partial charge in [-0.25, -0.2) is 0 Å². The summed E-state index contributed by atoms with van der Waals surface area (Å²) in [5.41, 5.74) is 0.385. The number of piperidine rings is 2. The Bertz CT molecular complexity index is 607. The molecule has 1 spiro atoms. The molecule has 2 fully saturated rings. The highest BCUT2D eigenvalue weighted by Gasteiger charge is 2.50. The van der Waals surface area contributed by atoms with Gasteiger partial charge in [0.2, 0.25) is 11.8 Å². The fourth-order valence-electron chi connectivity index (χ4n) is 3.97. The molecule has 1 aromatic heterocycles. The van der Waals surface area contributed by atoms with Crippen LogP contribution in [0.2, 0.25) is 0 Å². The molecule has 3 rings (SSSR count). The van der Waals surface area contributed by atoms with Crippen molar-refractivity contribution in [2.24, 2.45) is 5.41 Å². The number of nitrogens with one attached hydrogen (secondary N) is 1. The summed E-state index contributed by atoms with van der Waals surface area (Å²) in [6.45, 7) is 1.55. The van der Waals surface area contributed by atoms with E-state index in [4.69, 9.17) is 0 Å². The maximum absolute atomic E-state index is 12.5. The van der Waals surface area contributed by atoms with E-state index >= 15 is 0 Å². The fraction of sp³-hybridized carbons (Fsp3) is 0.632. The van der Waals surface area contributed by atoms with Crippen molar-refractivity contribution in [1.82, 2.24) is 15.2 Å². The number of amides is 2. The lowest BCUT2D eigenvalue weighted by Crippen LogP contribution is -2.62. The fourth-order valence-corrected chi connectivity index (χ4v) is 3.97. The number of carbonyl (C=O) groups excluding carboxylic acids is 2. The second-order valence-corrected chi connectivity index (χ2v) is 7.20. The van der Waals surface area contributed by atoms with E-state index in [-0.39, 0.29) is 11.8 Å². The lowest BCUT2D eigenvalue weighted by Gasteiger charge is -2.46. The van der Waals surface area contributed by atoms with Crippen LogP contribution in [-0.4, -0.2) is 52.5 Å². The Hall–Kier alpha value is -1.95. The topological polar surface area (TPSA) is 82.5 Å². The maximum atomic E-state index is 12.5. The number of aliphatic hydroxyl groups excluding tert-OH is 1. The third-order valence-electron chi connectivity index (χ3n) is 5.50. The quantitative estimate of drug-likeness (QED) is 0.788. The van der Waals surface area contributed by atoms with E-state index in [2.05, 4.69) is 10.3 Å². The van der Waals surface area contributed by atoms with Gasteiger partial charge in [-0.15, -0.1) is 0 Å². The van der Waals surface area contributed by atoms with Crippen LogP contribution in [0.25, 0.3) is 0 Å². The van der Waals surface area contributed by atoms with Crippen molar-refractivity contribution in [2.75, 3.05) is 19.6 Å². The predicted molar refractivity (Wildman–Crippen MR) is 93.7 cm³/mol. The molecule has 2 saturated heterocycles. The van der Waals surface area contributed by atoms with Crippen molar-refractivity contribution in [1.29, 1.82) is 0 Å². The van der Waals surface area contributed by atoms with Crippen molar-refractivity contribution in [3.8, 4) is 0 Å². The Morgan fingerprint density at radius 2 is 2.32 bits per heavy atom. The number of rotatable bonds is 5. The third kappa shape index (κ3) is 4.00. The average Bonchev–Trinajstić information content (AvgIpc) is 2.64. The Balaban J connectivity index is 1.49. The number of hydrogen-bond donors (Lipinski definition) is 2. The van der Waals surface area contributed by atoms with Crippen LogP contribution >= 0.6 is 0 Å². The smallest absolute Gasteiger partial charge is 0.230 e. The first kappa shape index (κ1) is 17.9. The van der Waals surface area contributed by atoms with E-state index in [1.54, 1.807) is 11.1 Å². The van der Waals surface area contributed by atoms with Crippen molar-refractivity contribution >= 4 is 11.8 Å². The van der Waals surface area contributed by atoms with Gasteiger partial charge in [0.25, 0.3) is 0 Å². The number of aromatic nitrogens is 1. The second kappa shape index (κ2) is 7.95. The number of carbonyl (C=O) groups is 2. The Kier molecular flexibility index (Phi) is 5.68. The monoisotopic (exact) mass is 345 g/mol. The Morgan fingerprint density at radius 1 is 1.44 bits per heavy atom. The molecule has 6 nitrogen and oxygen atoms in total. The maximum Gasteiger partial charge on any atom is 0.230 e. The summed E-state index contributed by atoms with van der Waals surface area (Å²) < 4.78 is 0. The number of unbranched alkanes of at least 4 members (excludes halogenated alkanes) is 1. The normalized spacial score (nSPS) is 26.5. The molecular weight excluding hydrogens is 318 g/mol. The van der Waals surface area contributed by atoms with Crippen molar-refractivity contribution in [3.05, 3.63) is 30.1 Å². The van der Waals surface area contributed by atoms with Gasteiger partial charge >= 0.3 is 0 Å². The molecule has 2 aliphatic heterocycles. The van der Waals surface area contributed by atoms with Crippen LogP contribution < -0.4 is 5.32 Å². The van der Waals surface area contributed by atoms with Crippen molar-refractivity contribution in [2.45, 2.75) is 51.0 Å². The summed E-state index contributed by atoms with van der Waals surface area (Å²) in [4.78, 5) is 30.8. The first-order valence-electron chi connectivity index (χ1n) is 9.25. The summed E-state index contributed by atoms with van der Waals surface area (Å²) >= 11 is 0. The molecule has 2 aliphatic rings. The molecule has 2 atom stereocenters. The molecule has 2 N–H and O–H groups in total. The number of pyridine rings is 1. The zero-order chi connectivity index (χ0) is 17.7. The Labute approximate surface area is 148 Å². The van der Waals surface area contributed by atoms with Crippen LogP contribution in [0.1, 0.15) is 44.1 Å². The zero-order valence-electron chi connectivity index (χ0n) is 14.6. The molecule has 0 saturated carbocycles. The van der Waals surface area contributed by atoms with Gasteiger partial charge in [0.15, 0.2) is 0 Å². The van der Waals surface area contributed by atoms with Gasteiger partial charge in [-0.2, -0.15) is 0 Å². The summed E-state index contributed by atoms with van der Waals surface area (Å²) in [7, 11) is 0. The molecule has 0 bridgehead atoms. The Morgan fingerprint density at radius 3 is 3.08 bits per heavy atom.